The van der Waals surface area contributed by atoms with Gasteiger partial charge in [0.25, 0.3) is 5.91 Å². The maximum absolute atomic E-state index is 12.2. The average Bonchev–Trinajstić information content (AvgIpc) is 2.91. The number of hydrogen-bond acceptors (Lipinski definition) is 4. The monoisotopic (exact) mass is 340 g/mol. The molecular formula is C12H13BrN4OS. The number of halogens is 1. The Kier molecular flexibility index (Phi) is 3.40. The predicted molar refractivity (Wildman–Crippen MR) is 76.2 cm³/mol. The summed E-state index contributed by atoms with van der Waals surface area (Å²) in [5.41, 5.74) is 2.55. The summed E-state index contributed by atoms with van der Waals surface area (Å²) in [6.45, 7) is 4.33. The van der Waals surface area contributed by atoms with Crippen LogP contribution in [0.25, 0.3) is 0 Å². The number of hydrogen-bond donors (Lipinski definition) is 0. The standard InChI is InChI=1S/C12H13BrN4OS/c1-8-11(19-7-14-8)12(18)16-3-9(4-16)5-17-6-10(13)2-15-17/h2,6-7,9H,3-5H2,1H3. The second-order valence-electron chi connectivity index (χ2n) is 4.72. The van der Waals surface area contributed by atoms with Crippen LogP contribution in [0, 0.1) is 12.8 Å². The highest BCUT2D eigenvalue weighted by molar-refractivity contribution is 9.10. The van der Waals surface area contributed by atoms with Gasteiger partial charge in [-0.05, 0) is 22.9 Å². The third kappa shape index (κ3) is 2.57. The van der Waals surface area contributed by atoms with Crippen LogP contribution in [-0.4, -0.2) is 38.7 Å². The summed E-state index contributed by atoms with van der Waals surface area (Å²) in [4.78, 5) is 18.9. The van der Waals surface area contributed by atoms with Crippen molar-refractivity contribution < 1.29 is 4.79 Å². The zero-order valence-corrected chi connectivity index (χ0v) is 12.8. The molecule has 1 saturated heterocycles. The molecule has 1 aliphatic rings. The van der Waals surface area contributed by atoms with Gasteiger partial charge in [0.15, 0.2) is 0 Å². The number of aromatic nitrogens is 3. The van der Waals surface area contributed by atoms with Crippen molar-refractivity contribution in [2.75, 3.05) is 13.1 Å². The number of aryl methyl sites for hydroxylation is 1. The Morgan fingerprint density at radius 2 is 2.37 bits per heavy atom. The molecule has 0 radical (unpaired) electrons. The van der Waals surface area contributed by atoms with E-state index in [-0.39, 0.29) is 5.91 Å². The van der Waals surface area contributed by atoms with Crippen molar-refractivity contribution in [3.63, 3.8) is 0 Å². The van der Waals surface area contributed by atoms with Crippen molar-refractivity contribution in [2.24, 2.45) is 5.92 Å². The largest absolute Gasteiger partial charge is 0.337 e. The molecule has 0 N–H and O–H groups in total. The van der Waals surface area contributed by atoms with Crippen molar-refractivity contribution in [2.45, 2.75) is 13.5 Å². The van der Waals surface area contributed by atoms with Crippen LogP contribution in [0.15, 0.2) is 22.4 Å². The lowest BCUT2D eigenvalue weighted by Gasteiger charge is -2.39. The number of nitrogens with zero attached hydrogens (tertiary/aromatic N) is 4. The van der Waals surface area contributed by atoms with E-state index in [1.165, 1.54) is 11.3 Å². The molecule has 0 bridgehead atoms. The molecule has 0 saturated carbocycles. The van der Waals surface area contributed by atoms with Crippen LogP contribution in [0.1, 0.15) is 15.4 Å². The zero-order valence-electron chi connectivity index (χ0n) is 10.4. The molecule has 0 aromatic carbocycles. The minimum absolute atomic E-state index is 0.109. The third-order valence-corrected chi connectivity index (χ3v) is 4.56. The SMILES string of the molecule is Cc1ncsc1C(=O)N1CC(Cn2cc(Br)cn2)C1. The molecular weight excluding hydrogens is 328 g/mol. The molecule has 1 fully saturated rings. The van der Waals surface area contributed by atoms with E-state index in [0.29, 0.717) is 5.92 Å². The molecule has 0 unspecified atom stereocenters. The first-order valence-electron chi connectivity index (χ1n) is 6.01. The molecule has 7 heteroatoms. The van der Waals surface area contributed by atoms with Crippen LogP contribution in [0.4, 0.5) is 0 Å². The molecule has 19 heavy (non-hydrogen) atoms. The fourth-order valence-corrected chi connectivity index (χ4v) is 3.30. The Morgan fingerprint density at radius 3 is 2.95 bits per heavy atom. The fourth-order valence-electron chi connectivity index (χ4n) is 2.20. The van der Waals surface area contributed by atoms with Crippen LogP contribution >= 0.6 is 27.3 Å². The third-order valence-electron chi connectivity index (χ3n) is 3.23. The Morgan fingerprint density at radius 1 is 1.58 bits per heavy atom. The van der Waals surface area contributed by atoms with E-state index >= 15 is 0 Å². The van der Waals surface area contributed by atoms with Gasteiger partial charge in [-0.3, -0.25) is 9.48 Å². The molecule has 0 atom stereocenters. The first kappa shape index (κ1) is 12.8. The van der Waals surface area contributed by atoms with Crippen LogP contribution in [-0.2, 0) is 6.54 Å². The molecule has 2 aromatic heterocycles. The number of rotatable bonds is 3. The highest BCUT2D eigenvalue weighted by atomic mass is 79.9. The second-order valence-corrected chi connectivity index (χ2v) is 6.49. The van der Waals surface area contributed by atoms with Gasteiger partial charge in [0.1, 0.15) is 4.88 Å². The van der Waals surface area contributed by atoms with E-state index in [2.05, 4.69) is 26.0 Å². The number of carbonyl (C=O) groups excluding carboxylic acids is 1. The molecule has 3 heterocycles. The predicted octanol–water partition coefficient (Wildman–Crippen LogP) is 2.18. The van der Waals surface area contributed by atoms with Gasteiger partial charge in [0, 0.05) is 31.7 Å². The van der Waals surface area contributed by atoms with Gasteiger partial charge in [0.2, 0.25) is 0 Å². The summed E-state index contributed by atoms with van der Waals surface area (Å²) >= 11 is 4.80. The number of amides is 1. The molecule has 1 amide bonds. The molecule has 100 valence electrons. The Bertz CT molecular complexity index is 602. The van der Waals surface area contributed by atoms with Crippen LogP contribution < -0.4 is 0 Å². The molecule has 5 nitrogen and oxygen atoms in total. The lowest BCUT2D eigenvalue weighted by molar-refractivity contribution is 0.0465. The van der Waals surface area contributed by atoms with E-state index in [4.69, 9.17) is 0 Å². The Balaban J connectivity index is 1.55. The topological polar surface area (TPSA) is 51.0 Å². The van der Waals surface area contributed by atoms with Crippen LogP contribution in [0.2, 0.25) is 0 Å². The van der Waals surface area contributed by atoms with Crippen molar-refractivity contribution >= 4 is 33.2 Å². The number of carbonyl (C=O) groups is 1. The molecule has 2 aromatic rings. The zero-order chi connectivity index (χ0) is 13.4. The van der Waals surface area contributed by atoms with E-state index in [0.717, 1.165) is 34.7 Å². The van der Waals surface area contributed by atoms with E-state index in [9.17, 15) is 4.79 Å². The van der Waals surface area contributed by atoms with Crippen molar-refractivity contribution in [3.8, 4) is 0 Å². The lowest BCUT2D eigenvalue weighted by Crippen LogP contribution is -2.51. The summed E-state index contributed by atoms with van der Waals surface area (Å²) in [7, 11) is 0. The number of thiazole rings is 1. The van der Waals surface area contributed by atoms with Gasteiger partial charge < -0.3 is 4.90 Å². The average molecular weight is 341 g/mol. The Labute approximate surface area is 123 Å². The molecule has 3 rings (SSSR count). The van der Waals surface area contributed by atoms with E-state index in [1.54, 1.807) is 11.7 Å². The van der Waals surface area contributed by atoms with Gasteiger partial charge in [-0.1, -0.05) is 0 Å². The first-order valence-corrected chi connectivity index (χ1v) is 7.68. The summed E-state index contributed by atoms with van der Waals surface area (Å²) in [6.07, 6.45) is 3.74. The van der Waals surface area contributed by atoms with Gasteiger partial charge in [-0.25, -0.2) is 4.98 Å². The summed E-state index contributed by atoms with van der Waals surface area (Å²) in [5.74, 6) is 0.599. The van der Waals surface area contributed by atoms with Gasteiger partial charge in [-0.2, -0.15) is 5.10 Å². The molecule has 1 aliphatic heterocycles. The summed E-state index contributed by atoms with van der Waals surface area (Å²) < 4.78 is 2.90. The smallest absolute Gasteiger partial charge is 0.265 e. The molecule has 0 spiro atoms. The maximum Gasteiger partial charge on any atom is 0.265 e. The van der Waals surface area contributed by atoms with E-state index in [1.807, 2.05) is 22.7 Å². The molecule has 0 aliphatic carbocycles. The normalized spacial score (nSPS) is 15.6. The van der Waals surface area contributed by atoms with Crippen LogP contribution in [0.5, 0.6) is 0 Å². The lowest BCUT2D eigenvalue weighted by atomic mass is 10.00. The van der Waals surface area contributed by atoms with Gasteiger partial charge >= 0.3 is 0 Å². The first-order chi connectivity index (χ1) is 9.13. The summed E-state index contributed by atoms with van der Waals surface area (Å²) in [6, 6.07) is 0. The van der Waals surface area contributed by atoms with Gasteiger partial charge in [0.05, 0.1) is 21.9 Å². The van der Waals surface area contributed by atoms with Crippen LogP contribution in [0.3, 0.4) is 0 Å². The highest BCUT2D eigenvalue weighted by Crippen LogP contribution is 2.23. The van der Waals surface area contributed by atoms with Crippen molar-refractivity contribution in [1.82, 2.24) is 19.7 Å². The summed E-state index contributed by atoms with van der Waals surface area (Å²) in [5, 5.41) is 4.23. The Hall–Kier alpha value is -1.21. The van der Waals surface area contributed by atoms with E-state index < -0.39 is 0 Å². The van der Waals surface area contributed by atoms with Gasteiger partial charge in [-0.15, -0.1) is 11.3 Å². The quantitative estimate of drug-likeness (QED) is 0.860. The second kappa shape index (κ2) is 5.05. The minimum Gasteiger partial charge on any atom is -0.337 e. The maximum atomic E-state index is 12.2. The highest BCUT2D eigenvalue weighted by Gasteiger charge is 2.32. The van der Waals surface area contributed by atoms with Crippen molar-refractivity contribution in [1.29, 1.82) is 0 Å². The van der Waals surface area contributed by atoms with Crippen molar-refractivity contribution in [3.05, 3.63) is 32.9 Å². The number of likely N-dealkylation sites (tertiary alicyclic amines) is 1. The fraction of sp³-hybridized carbons (Fsp3) is 0.417. The minimum atomic E-state index is 0.109.